The topological polar surface area (TPSA) is 41.6 Å². The SMILES string of the molecule is COCCNCC(=O)N(Cc1ccc(C)s1)C(C)C.Cl. The zero-order chi connectivity index (χ0) is 14.3. The van der Waals surface area contributed by atoms with E-state index in [1.807, 2.05) is 18.7 Å². The molecule has 1 heterocycles. The van der Waals surface area contributed by atoms with Crippen molar-refractivity contribution in [1.82, 2.24) is 10.2 Å². The first-order valence-electron chi connectivity index (χ1n) is 6.59. The van der Waals surface area contributed by atoms with Crippen molar-refractivity contribution < 1.29 is 9.53 Å². The van der Waals surface area contributed by atoms with Gasteiger partial charge < -0.3 is 15.0 Å². The lowest BCUT2D eigenvalue weighted by molar-refractivity contribution is -0.132. The van der Waals surface area contributed by atoms with Crippen molar-refractivity contribution in [3.63, 3.8) is 0 Å². The van der Waals surface area contributed by atoms with E-state index in [0.29, 0.717) is 26.2 Å². The van der Waals surface area contributed by atoms with Crippen LogP contribution in [0, 0.1) is 6.92 Å². The number of carbonyl (C=O) groups excluding carboxylic acids is 1. The van der Waals surface area contributed by atoms with E-state index < -0.39 is 0 Å². The number of hydrogen-bond acceptors (Lipinski definition) is 4. The fraction of sp³-hybridized carbons (Fsp3) is 0.643. The second-order valence-corrected chi connectivity index (χ2v) is 6.17. The Labute approximate surface area is 131 Å². The quantitative estimate of drug-likeness (QED) is 0.748. The van der Waals surface area contributed by atoms with Crippen LogP contribution in [0.15, 0.2) is 12.1 Å². The van der Waals surface area contributed by atoms with Crippen molar-refractivity contribution in [2.75, 3.05) is 26.8 Å². The molecule has 6 heteroatoms. The maximum absolute atomic E-state index is 12.2. The number of thiophene rings is 1. The number of nitrogens with zero attached hydrogens (tertiary/aromatic N) is 1. The van der Waals surface area contributed by atoms with Gasteiger partial charge >= 0.3 is 0 Å². The van der Waals surface area contributed by atoms with Gasteiger partial charge in [0.25, 0.3) is 0 Å². The summed E-state index contributed by atoms with van der Waals surface area (Å²) in [6.45, 7) is 8.57. The largest absolute Gasteiger partial charge is 0.383 e. The Morgan fingerprint density at radius 3 is 2.65 bits per heavy atom. The maximum Gasteiger partial charge on any atom is 0.237 e. The van der Waals surface area contributed by atoms with Gasteiger partial charge in [-0.15, -0.1) is 23.7 Å². The molecule has 0 aliphatic carbocycles. The highest BCUT2D eigenvalue weighted by molar-refractivity contribution is 7.11. The number of methoxy groups -OCH3 is 1. The lowest BCUT2D eigenvalue weighted by Crippen LogP contribution is -2.42. The van der Waals surface area contributed by atoms with Crippen LogP contribution in [0.25, 0.3) is 0 Å². The number of hydrogen-bond donors (Lipinski definition) is 1. The van der Waals surface area contributed by atoms with E-state index in [1.54, 1.807) is 18.4 Å². The van der Waals surface area contributed by atoms with Gasteiger partial charge in [-0.1, -0.05) is 0 Å². The van der Waals surface area contributed by atoms with Gasteiger partial charge in [0.05, 0.1) is 19.7 Å². The van der Waals surface area contributed by atoms with Crippen molar-refractivity contribution in [3.05, 3.63) is 21.9 Å². The molecule has 0 bridgehead atoms. The van der Waals surface area contributed by atoms with Gasteiger partial charge in [-0.2, -0.15) is 0 Å². The molecule has 0 atom stereocenters. The fourth-order valence-electron chi connectivity index (χ4n) is 1.77. The van der Waals surface area contributed by atoms with Crippen LogP contribution in [0.2, 0.25) is 0 Å². The van der Waals surface area contributed by atoms with E-state index in [9.17, 15) is 4.79 Å². The lowest BCUT2D eigenvalue weighted by Gasteiger charge is -2.26. The van der Waals surface area contributed by atoms with Crippen molar-refractivity contribution >= 4 is 29.7 Å². The van der Waals surface area contributed by atoms with E-state index >= 15 is 0 Å². The molecule has 0 spiro atoms. The third kappa shape index (κ3) is 6.70. The van der Waals surface area contributed by atoms with Crippen molar-refractivity contribution in [2.45, 2.75) is 33.4 Å². The van der Waals surface area contributed by atoms with Crippen LogP contribution in [0.5, 0.6) is 0 Å². The molecule has 1 aromatic rings. The molecule has 1 rings (SSSR count). The molecular weight excluding hydrogens is 296 g/mol. The zero-order valence-electron chi connectivity index (χ0n) is 12.6. The molecule has 0 saturated carbocycles. The summed E-state index contributed by atoms with van der Waals surface area (Å²) >= 11 is 1.75. The number of ether oxygens (including phenoxy) is 1. The Morgan fingerprint density at radius 2 is 2.15 bits per heavy atom. The first-order valence-corrected chi connectivity index (χ1v) is 7.40. The molecule has 0 aromatic carbocycles. The van der Waals surface area contributed by atoms with Crippen LogP contribution in [-0.2, 0) is 16.1 Å². The number of aryl methyl sites for hydroxylation is 1. The highest BCUT2D eigenvalue weighted by Crippen LogP contribution is 2.18. The number of halogens is 1. The molecule has 0 saturated heterocycles. The molecule has 0 radical (unpaired) electrons. The smallest absolute Gasteiger partial charge is 0.237 e. The monoisotopic (exact) mass is 320 g/mol. The second-order valence-electron chi connectivity index (χ2n) is 4.80. The number of amides is 1. The van der Waals surface area contributed by atoms with Crippen molar-refractivity contribution in [2.24, 2.45) is 0 Å². The summed E-state index contributed by atoms with van der Waals surface area (Å²) in [5.74, 6) is 0.136. The van der Waals surface area contributed by atoms with E-state index in [2.05, 4.69) is 24.4 Å². The zero-order valence-corrected chi connectivity index (χ0v) is 14.3. The third-order valence-corrected chi connectivity index (χ3v) is 3.81. The molecule has 116 valence electrons. The summed E-state index contributed by atoms with van der Waals surface area (Å²) < 4.78 is 4.94. The van der Waals surface area contributed by atoms with E-state index in [4.69, 9.17) is 4.74 Å². The van der Waals surface area contributed by atoms with Gasteiger partial charge in [0.1, 0.15) is 0 Å². The standard InChI is InChI=1S/C14H24N2O2S.ClH/c1-11(2)16(10-13-6-5-12(3)19-13)14(17)9-15-7-8-18-4;/h5-6,11,15H,7-10H2,1-4H3;1H. The summed E-state index contributed by atoms with van der Waals surface area (Å²) in [7, 11) is 1.66. The minimum absolute atomic E-state index is 0. The van der Waals surface area contributed by atoms with Gasteiger partial charge in [-0.05, 0) is 32.9 Å². The molecule has 1 aromatic heterocycles. The predicted octanol–water partition coefficient (Wildman–Crippen LogP) is 2.45. The first-order chi connectivity index (χ1) is 9.04. The van der Waals surface area contributed by atoms with Crippen LogP contribution in [0.4, 0.5) is 0 Å². The fourth-order valence-corrected chi connectivity index (χ4v) is 2.66. The summed E-state index contributed by atoms with van der Waals surface area (Å²) in [5, 5.41) is 3.10. The summed E-state index contributed by atoms with van der Waals surface area (Å²) in [6.07, 6.45) is 0. The lowest BCUT2D eigenvalue weighted by atomic mass is 10.3. The van der Waals surface area contributed by atoms with Crippen LogP contribution in [-0.4, -0.2) is 43.7 Å². The van der Waals surface area contributed by atoms with E-state index in [-0.39, 0.29) is 24.4 Å². The van der Waals surface area contributed by atoms with Gasteiger partial charge in [0.15, 0.2) is 0 Å². The average molecular weight is 321 g/mol. The van der Waals surface area contributed by atoms with Crippen LogP contribution in [0.1, 0.15) is 23.6 Å². The van der Waals surface area contributed by atoms with E-state index in [0.717, 1.165) is 0 Å². The molecule has 0 aliphatic rings. The third-order valence-electron chi connectivity index (χ3n) is 2.83. The molecule has 4 nitrogen and oxygen atoms in total. The van der Waals surface area contributed by atoms with Gasteiger partial charge in [-0.3, -0.25) is 4.79 Å². The minimum Gasteiger partial charge on any atom is -0.383 e. The number of nitrogens with one attached hydrogen (secondary N) is 1. The highest BCUT2D eigenvalue weighted by Gasteiger charge is 2.17. The molecule has 1 amide bonds. The molecular formula is C14H25ClN2O2S. The minimum atomic E-state index is 0. The van der Waals surface area contributed by atoms with Gasteiger partial charge in [-0.25, -0.2) is 0 Å². The van der Waals surface area contributed by atoms with Crippen molar-refractivity contribution in [3.8, 4) is 0 Å². The number of carbonyl (C=O) groups is 1. The van der Waals surface area contributed by atoms with Crippen LogP contribution >= 0.6 is 23.7 Å². The molecule has 0 aliphatic heterocycles. The summed E-state index contributed by atoms with van der Waals surface area (Å²) in [6, 6.07) is 4.40. The Morgan fingerprint density at radius 1 is 1.45 bits per heavy atom. The Balaban J connectivity index is 0.00000361. The second kappa shape index (κ2) is 10.2. The Kier molecular flexibility index (Phi) is 9.84. The van der Waals surface area contributed by atoms with Gasteiger partial charge in [0, 0.05) is 29.5 Å². The molecule has 1 N–H and O–H groups in total. The normalized spacial score (nSPS) is 10.4. The van der Waals surface area contributed by atoms with E-state index in [1.165, 1.54) is 9.75 Å². The van der Waals surface area contributed by atoms with Gasteiger partial charge in [0.2, 0.25) is 5.91 Å². The maximum atomic E-state index is 12.2. The average Bonchev–Trinajstić information content (AvgIpc) is 2.77. The number of rotatable bonds is 8. The molecule has 20 heavy (non-hydrogen) atoms. The highest BCUT2D eigenvalue weighted by atomic mass is 35.5. The van der Waals surface area contributed by atoms with Crippen molar-refractivity contribution in [1.29, 1.82) is 0 Å². The molecule has 0 unspecified atom stereocenters. The Hall–Kier alpha value is -0.620. The Bertz CT molecular complexity index is 396. The molecule has 0 fully saturated rings. The summed E-state index contributed by atoms with van der Waals surface area (Å²) in [4.78, 5) is 16.6. The first kappa shape index (κ1) is 19.4. The van der Waals surface area contributed by atoms with Crippen LogP contribution < -0.4 is 5.32 Å². The van der Waals surface area contributed by atoms with Crippen LogP contribution in [0.3, 0.4) is 0 Å². The predicted molar refractivity (Wildman–Crippen MR) is 86.7 cm³/mol. The summed E-state index contributed by atoms with van der Waals surface area (Å²) in [5.41, 5.74) is 0.